The second-order valence-electron chi connectivity index (χ2n) is 4.19. The molecule has 2 N–H and O–H groups in total. The molecule has 0 spiro atoms. The van der Waals surface area contributed by atoms with E-state index in [2.05, 4.69) is 26.7 Å². The second-order valence-corrected chi connectivity index (χ2v) is 4.19. The highest BCUT2D eigenvalue weighted by Gasteiger charge is 2.16. The number of amides is 1. The molecule has 0 aliphatic rings. The number of rotatable bonds is 6. The molecule has 0 saturated heterocycles. The maximum Gasteiger partial charge on any atom is 0.407 e. The highest BCUT2D eigenvalue weighted by atomic mass is 16.5. The lowest BCUT2D eigenvalue weighted by Gasteiger charge is -2.13. The maximum atomic E-state index is 11.3. The van der Waals surface area contributed by atoms with Crippen LogP contribution in [0.5, 0.6) is 0 Å². The third-order valence-electron chi connectivity index (χ3n) is 2.65. The Morgan fingerprint density at radius 1 is 1.27 bits per heavy atom. The normalized spacial score (nSPS) is 10.5. The van der Waals surface area contributed by atoms with Gasteiger partial charge in [-0.1, -0.05) is 43.0 Å². The number of nitrogens with one attached hydrogen (secondary N) is 2. The highest BCUT2D eigenvalue weighted by molar-refractivity contribution is 5.76. The van der Waals surface area contributed by atoms with Crippen LogP contribution < -0.4 is 10.6 Å². The van der Waals surface area contributed by atoms with E-state index < -0.39 is 6.09 Å². The SMILES string of the molecule is C=CCOC(=O)NC.CNC(Cc1ccccc1)C(=O)OC. The summed E-state index contributed by atoms with van der Waals surface area (Å²) < 4.78 is 9.15. The average Bonchev–Trinajstić information content (AvgIpc) is 2.58. The van der Waals surface area contributed by atoms with Crippen LogP contribution in [0.3, 0.4) is 0 Å². The van der Waals surface area contributed by atoms with Crippen molar-refractivity contribution in [2.45, 2.75) is 12.5 Å². The molecule has 22 heavy (non-hydrogen) atoms. The van der Waals surface area contributed by atoms with Gasteiger partial charge in [0.2, 0.25) is 0 Å². The van der Waals surface area contributed by atoms with Gasteiger partial charge in [0, 0.05) is 7.05 Å². The van der Waals surface area contributed by atoms with Gasteiger partial charge in [-0.15, -0.1) is 0 Å². The Kier molecular flexibility index (Phi) is 11.1. The third-order valence-corrected chi connectivity index (χ3v) is 2.65. The summed E-state index contributed by atoms with van der Waals surface area (Å²) in [4.78, 5) is 21.5. The van der Waals surface area contributed by atoms with E-state index in [4.69, 9.17) is 0 Å². The first-order valence-electron chi connectivity index (χ1n) is 6.83. The predicted octanol–water partition coefficient (Wildman–Crippen LogP) is 1.52. The quantitative estimate of drug-likeness (QED) is 0.615. The zero-order valence-corrected chi connectivity index (χ0v) is 13.3. The minimum atomic E-state index is -0.426. The lowest BCUT2D eigenvalue weighted by molar-refractivity contribution is -0.142. The first-order chi connectivity index (χ1) is 10.6. The summed E-state index contributed by atoms with van der Waals surface area (Å²) in [6.45, 7) is 3.63. The Hall–Kier alpha value is -2.34. The number of esters is 1. The van der Waals surface area contributed by atoms with Crippen LogP contribution in [0.2, 0.25) is 0 Å². The molecule has 0 bridgehead atoms. The summed E-state index contributed by atoms with van der Waals surface area (Å²) in [6.07, 6.45) is 1.74. The zero-order valence-electron chi connectivity index (χ0n) is 13.3. The second kappa shape index (κ2) is 12.4. The molecule has 1 aromatic carbocycles. The number of methoxy groups -OCH3 is 1. The molecule has 0 fully saturated rings. The van der Waals surface area contributed by atoms with Crippen LogP contribution in [-0.2, 0) is 20.7 Å². The molecule has 1 unspecified atom stereocenters. The standard InChI is InChI=1S/C11H15NO2.C5H9NO2/c1-12-10(11(13)14-2)8-9-6-4-3-5-7-9;1-3-4-8-5(7)6-2/h3-7,10,12H,8H2,1-2H3;3H,1,4H2,2H3,(H,6,7). The molecule has 1 atom stereocenters. The van der Waals surface area contributed by atoms with Gasteiger partial charge in [0.05, 0.1) is 7.11 Å². The monoisotopic (exact) mass is 308 g/mol. The number of carbonyl (C=O) groups is 2. The fraction of sp³-hybridized carbons (Fsp3) is 0.375. The van der Waals surface area contributed by atoms with Crippen molar-refractivity contribution in [3.63, 3.8) is 0 Å². The molecule has 6 nitrogen and oxygen atoms in total. The van der Waals surface area contributed by atoms with Gasteiger partial charge < -0.3 is 20.1 Å². The molecule has 0 aromatic heterocycles. The number of hydrogen-bond acceptors (Lipinski definition) is 5. The van der Waals surface area contributed by atoms with Crippen LogP contribution in [-0.4, -0.2) is 45.9 Å². The summed E-state index contributed by atoms with van der Waals surface area (Å²) in [6, 6.07) is 9.59. The van der Waals surface area contributed by atoms with Gasteiger partial charge in [0.25, 0.3) is 0 Å². The maximum absolute atomic E-state index is 11.3. The molecular weight excluding hydrogens is 284 g/mol. The molecule has 6 heteroatoms. The van der Waals surface area contributed by atoms with E-state index in [1.807, 2.05) is 30.3 Å². The van der Waals surface area contributed by atoms with Crippen molar-refractivity contribution in [3.8, 4) is 0 Å². The minimum Gasteiger partial charge on any atom is -0.468 e. The van der Waals surface area contributed by atoms with Crippen LogP contribution in [0.15, 0.2) is 43.0 Å². The van der Waals surface area contributed by atoms with Crippen molar-refractivity contribution in [2.75, 3.05) is 27.8 Å². The van der Waals surface area contributed by atoms with E-state index in [0.717, 1.165) is 5.56 Å². The van der Waals surface area contributed by atoms with E-state index in [-0.39, 0.29) is 18.6 Å². The van der Waals surface area contributed by atoms with Gasteiger partial charge in [-0.05, 0) is 19.0 Å². The molecule has 1 rings (SSSR count). The number of ether oxygens (including phenoxy) is 2. The number of alkyl carbamates (subject to hydrolysis) is 1. The molecule has 0 saturated carbocycles. The van der Waals surface area contributed by atoms with Crippen LogP contribution in [0.1, 0.15) is 5.56 Å². The smallest absolute Gasteiger partial charge is 0.407 e. The average molecular weight is 308 g/mol. The minimum absolute atomic E-state index is 0.226. The summed E-state index contributed by atoms with van der Waals surface area (Å²) in [5, 5.41) is 5.22. The summed E-state index contributed by atoms with van der Waals surface area (Å²) in [5.41, 5.74) is 1.12. The summed E-state index contributed by atoms with van der Waals surface area (Å²) in [5.74, 6) is -0.226. The van der Waals surface area contributed by atoms with Gasteiger partial charge in [0.15, 0.2) is 0 Å². The first-order valence-corrected chi connectivity index (χ1v) is 6.83. The summed E-state index contributed by atoms with van der Waals surface area (Å²) in [7, 11) is 4.66. The van der Waals surface area contributed by atoms with Gasteiger partial charge in [-0.25, -0.2) is 4.79 Å². The lowest BCUT2D eigenvalue weighted by Crippen LogP contribution is -2.36. The molecule has 0 heterocycles. The molecule has 1 aromatic rings. The molecule has 122 valence electrons. The van der Waals surface area contributed by atoms with Crippen molar-refractivity contribution in [3.05, 3.63) is 48.6 Å². The molecule has 0 aliphatic carbocycles. The van der Waals surface area contributed by atoms with Gasteiger partial charge >= 0.3 is 12.1 Å². The van der Waals surface area contributed by atoms with Crippen molar-refractivity contribution in [1.29, 1.82) is 0 Å². The third kappa shape index (κ3) is 8.76. The van der Waals surface area contributed by atoms with Crippen LogP contribution in [0, 0.1) is 0 Å². The Labute approximate surface area is 131 Å². The Morgan fingerprint density at radius 3 is 2.36 bits per heavy atom. The fourth-order valence-corrected chi connectivity index (χ4v) is 1.50. The van der Waals surface area contributed by atoms with Crippen molar-refractivity contribution < 1.29 is 19.1 Å². The van der Waals surface area contributed by atoms with E-state index >= 15 is 0 Å². The highest BCUT2D eigenvalue weighted by Crippen LogP contribution is 2.03. The van der Waals surface area contributed by atoms with E-state index in [9.17, 15) is 9.59 Å². The first kappa shape index (κ1) is 19.7. The van der Waals surface area contributed by atoms with Gasteiger partial charge in [0.1, 0.15) is 12.6 Å². The summed E-state index contributed by atoms with van der Waals surface area (Å²) >= 11 is 0. The number of benzene rings is 1. The molecule has 1 amide bonds. The Morgan fingerprint density at radius 2 is 1.91 bits per heavy atom. The predicted molar refractivity (Wildman–Crippen MR) is 85.6 cm³/mol. The number of hydrogen-bond donors (Lipinski definition) is 2. The van der Waals surface area contributed by atoms with E-state index in [1.54, 1.807) is 7.05 Å². The van der Waals surface area contributed by atoms with Gasteiger partial charge in [-0.3, -0.25) is 4.79 Å². The molecular formula is C16H24N2O4. The van der Waals surface area contributed by atoms with Crippen LogP contribution in [0.25, 0.3) is 0 Å². The van der Waals surface area contributed by atoms with Crippen LogP contribution in [0.4, 0.5) is 4.79 Å². The van der Waals surface area contributed by atoms with E-state index in [1.165, 1.54) is 20.2 Å². The number of likely N-dealkylation sites (N-methyl/N-ethyl adjacent to an activating group) is 1. The molecule has 0 radical (unpaired) electrons. The van der Waals surface area contributed by atoms with Gasteiger partial charge in [-0.2, -0.15) is 0 Å². The van der Waals surface area contributed by atoms with Crippen molar-refractivity contribution in [1.82, 2.24) is 10.6 Å². The topological polar surface area (TPSA) is 76.7 Å². The molecule has 0 aliphatic heterocycles. The largest absolute Gasteiger partial charge is 0.468 e. The Bertz CT molecular complexity index is 449. The Balaban J connectivity index is 0.000000472. The van der Waals surface area contributed by atoms with Crippen molar-refractivity contribution >= 4 is 12.1 Å². The van der Waals surface area contributed by atoms with Crippen molar-refractivity contribution in [2.24, 2.45) is 0 Å². The van der Waals surface area contributed by atoms with Crippen LogP contribution >= 0.6 is 0 Å². The lowest BCUT2D eigenvalue weighted by atomic mass is 10.1. The fourth-order valence-electron chi connectivity index (χ4n) is 1.50. The zero-order chi connectivity index (χ0) is 16.8. The van der Waals surface area contributed by atoms with E-state index in [0.29, 0.717) is 6.42 Å². The number of carbonyl (C=O) groups excluding carboxylic acids is 2.